The van der Waals surface area contributed by atoms with Crippen molar-refractivity contribution in [2.75, 3.05) is 13.1 Å². The standard InChI is InChI=1S/C16H22ClN/c1-10(2)11-4-5-12-13(15(11)17)6-7-16(3)9-18-8-14(12)16/h4-5,10,14,18H,6-9H2,1-3H3. The lowest BCUT2D eigenvalue weighted by atomic mass is 9.66. The normalized spacial score (nSPS) is 30.4. The molecule has 98 valence electrons. The first-order valence-electron chi connectivity index (χ1n) is 7.05. The van der Waals surface area contributed by atoms with Crippen LogP contribution < -0.4 is 5.32 Å². The molecular weight excluding hydrogens is 242 g/mol. The summed E-state index contributed by atoms with van der Waals surface area (Å²) in [5.74, 6) is 1.16. The zero-order valence-electron chi connectivity index (χ0n) is 11.5. The Morgan fingerprint density at radius 1 is 1.39 bits per heavy atom. The van der Waals surface area contributed by atoms with Crippen molar-refractivity contribution in [2.45, 2.75) is 45.4 Å². The fourth-order valence-corrected chi connectivity index (χ4v) is 4.20. The van der Waals surface area contributed by atoms with Gasteiger partial charge in [-0.1, -0.05) is 44.5 Å². The first-order valence-corrected chi connectivity index (χ1v) is 7.42. The molecule has 0 amide bonds. The van der Waals surface area contributed by atoms with E-state index in [1.54, 1.807) is 0 Å². The van der Waals surface area contributed by atoms with E-state index in [1.807, 2.05) is 0 Å². The van der Waals surface area contributed by atoms with Crippen molar-refractivity contribution in [3.63, 3.8) is 0 Å². The highest BCUT2D eigenvalue weighted by molar-refractivity contribution is 6.32. The molecule has 1 aliphatic carbocycles. The molecular formula is C16H22ClN. The van der Waals surface area contributed by atoms with Crippen molar-refractivity contribution in [2.24, 2.45) is 5.41 Å². The number of benzene rings is 1. The molecule has 1 aromatic rings. The van der Waals surface area contributed by atoms with Crippen molar-refractivity contribution in [3.8, 4) is 0 Å². The third-order valence-corrected chi connectivity index (χ3v) is 5.42. The molecule has 2 atom stereocenters. The fraction of sp³-hybridized carbons (Fsp3) is 0.625. The molecule has 0 aromatic heterocycles. The summed E-state index contributed by atoms with van der Waals surface area (Å²) in [4.78, 5) is 0. The van der Waals surface area contributed by atoms with Gasteiger partial charge in [0.2, 0.25) is 0 Å². The third kappa shape index (κ3) is 1.71. The summed E-state index contributed by atoms with van der Waals surface area (Å²) in [7, 11) is 0. The molecule has 2 heteroatoms. The molecule has 18 heavy (non-hydrogen) atoms. The maximum atomic E-state index is 6.64. The maximum Gasteiger partial charge on any atom is 0.0475 e. The Bertz CT molecular complexity index is 480. The minimum Gasteiger partial charge on any atom is -0.316 e. The first kappa shape index (κ1) is 12.5. The summed E-state index contributed by atoms with van der Waals surface area (Å²) < 4.78 is 0. The van der Waals surface area contributed by atoms with Crippen LogP contribution in [-0.2, 0) is 6.42 Å². The van der Waals surface area contributed by atoms with Crippen molar-refractivity contribution in [1.29, 1.82) is 0 Å². The van der Waals surface area contributed by atoms with Crippen LogP contribution in [0.2, 0.25) is 5.02 Å². The van der Waals surface area contributed by atoms with Gasteiger partial charge >= 0.3 is 0 Å². The van der Waals surface area contributed by atoms with Gasteiger partial charge in [-0.2, -0.15) is 0 Å². The molecule has 1 aliphatic heterocycles. The molecule has 1 N–H and O–H groups in total. The van der Waals surface area contributed by atoms with Gasteiger partial charge in [-0.3, -0.25) is 0 Å². The Morgan fingerprint density at radius 3 is 2.89 bits per heavy atom. The minimum absolute atomic E-state index is 0.440. The van der Waals surface area contributed by atoms with Gasteiger partial charge in [-0.25, -0.2) is 0 Å². The Hall–Kier alpha value is -0.530. The third-order valence-electron chi connectivity index (χ3n) is 4.97. The molecule has 3 rings (SSSR count). The molecule has 2 aliphatic rings. The van der Waals surface area contributed by atoms with E-state index in [1.165, 1.54) is 23.1 Å². The zero-order valence-corrected chi connectivity index (χ0v) is 12.3. The molecule has 1 nitrogen and oxygen atoms in total. The number of fused-ring (bicyclic) bond motifs is 3. The number of rotatable bonds is 1. The van der Waals surface area contributed by atoms with Gasteiger partial charge in [-0.05, 0) is 40.9 Å². The first-order chi connectivity index (χ1) is 8.53. The van der Waals surface area contributed by atoms with Gasteiger partial charge < -0.3 is 5.32 Å². The molecule has 2 unspecified atom stereocenters. The number of halogens is 1. The summed E-state index contributed by atoms with van der Waals surface area (Å²) in [6, 6.07) is 4.58. The van der Waals surface area contributed by atoms with Gasteiger partial charge in [0.1, 0.15) is 0 Å². The van der Waals surface area contributed by atoms with Gasteiger partial charge in [0.05, 0.1) is 0 Å². The largest absolute Gasteiger partial charge is 0.316 e. The van der Waals surface area contributed by atoms with E-state index >= 15 is 0 Å². The van der Waals surface area contributed by atoms with E-state index in [0.29, 0.717) is 17.3 Å². The summed E-state index contributed by atoms with van der Waals surface area (Å²) in [6.45, 7) is 9.13. The Balaban J connectivity index is 2.10. The highest BCUT2D eigenvalue weighted by atomic mass is 35.5. The maximum absolute atomic E-state index is 6.64. The van der Waals surface area contributed by atoms with Gasteiger partial charge in [0.25, 0.3) is 0 Å². The highest BCUT2D eigenvalue weighted by Gasteiger charge is 2.43. The van der Waals surface area contributed by atoms with Crippen LogP contribution in [0.15, 0.2) is 12.1 Å². The van der Waals surface area contributed by atoms with Crippen molar-refractivity contribution < 1.29 is 0 Å². The van der Waals surface area contributed by atoms with Crippen LogP contribution in [0, 0.1) is 5.41 Å². The summed E-state index contributed by atoms with van der Waals surface area (Å²) in [5.41, 5.74) is 4.68. The highest BCUT2D eigenvalue weighted by Crippen LogP contribution is 2.49. The predicted octanol–water partition coefficient (Wildman–Crippen LogP) is 4.10. The second-order valence-corrected chi connectivity index (χ2v) is 6.91. The number of hydrogen-bond acceptors (Lipinski definition) is 1. The van der Waals surface area contributed by atoms with Crippen molar-refractivity contribution in [3.05, 3.63) is 33.8 Å². The average Bonchev–Trinajstić information content (AvgIpc) is 2.71. The second-order valence-electron chi connectivity index (χ2n) is 6.53. The minimum atomic E-state index is 0.440. The fourth-order valence-electron chi connectivity index (χ4n) is 3.71. The van der Waals surface area contributed by atoms with Crippen molar-refractivity contribution >= 4 is 11.6 Å². The quantitative estimate of drug-likeness (QED) is 0.804. The molecule has 0 saturated carbocycles. The molecule has 1 heterocycles. The van der Waals surface area contributed by atoms with Crippen LogP contribution in [0.3, 0.4) is 0 Å². The summed E-state index contributed by atoms with van der Waals surface area (Å²) in [5, 5.41) is 4.60. The number of hydrogen-bond donors (Lipinski definition) is 1. The van der Waals surface area contributed by atoms with E-state index in [4.69, 9.17) is 11.6 Å². The van der Waals surface area contributed by atoms with Gasteiger partial charge in [0.15, 0.2) is 0 Å². The number of nitrogens with one attached hydrogen (secondary N) is 1. The SMILES string of the molecule is CC(C)c1ccc2c(c1Cl)CCC1(C)CNCC21. The van der Waals surface area contributed by atoms with Gasteiger partial charge in [0, 0.05) is 24.0 Å². The second kappa shape index (κ2) is 4.25. The Morgan fingerprint density at radius 2 is 2.17 bits per heavy atom. The average molecular weight is 264 g/mol. The Kier molecular flexibility index (Phi) is 2.95. The van der Waals surface area contributed by atoms with E-state index in [9.17, 15) is 0 Å². The van der Waals surface area contributed by atoms with E-state index in [0.717, 1.165) is 24.5 Å². The molecule has 1 saturated heterocycles. The lowest BCUT2D eigenvalue weighted by molar-refractivity contribution is 0.277. The monoisotopic (exact) mass is 263 g/mol. The molecule has 1 aromatic carbocycles. The summed E-state index contributed by atoms with van der Waals surface area (Å²) >= 11 is 6.64. The van der Waals surface area contributed by atoms with Crippen LogP contribution in [0.5, 0.6) is 0 Å². The topological polar surface area (TPSA) is 12.0 Å². The van der Waals surface area contributed by atoms with Crippen LogP contribution in [0.1, 0.15) is 55.7 Å². The molecule has 0 spiro atoms. The lowest BCUT2D eigenvalue weighted by Crippen LogP contribution is -2.30. The molecule has 0 radical (unpaired) electrons. The molecule has 0 bridgehead atoms. The smallest absolute Gasteiger partial charge is 0.0475 e. The zero-order chi connectivity index (χ0) is 12.9. The molecule has 1 fully saturated rings. The van der Waals surface area contributed by atoms with E-state index in [2.05, 4.69) is 38.2 Å². The van der Waals surface area contributed by atoms with Crippen molar-refractivity contribution in [1.82, 2.24) is 5.32 Å². The van der Waals surface area contributed by atoms with Crippen LogP contribution in [-0.4, -0.2) is 13.1 Å². The van der Waals surface area contributed by atoms with E-state index in [-0.39, 0.29) is 0 Å². The van der Waals surface area contributed by atoms with Crippen LogP contribution in [0.25, 0.3) is 0 Å². The van der Waals surface area contributed by atoms with Gasteiger partial charge in [-0.15, -0.1) is 0 Å². The van der Waals surface area contributed by atoms with E-state index < -0.39 is 0 Å². The summed E-state index contributed by atoms with van der Waals surface area (Å²) in [6.07, 6.45) is 2.41. The van der Waals surface area contributed by atoms with Crippen LogP contribution in [0.4, 0.5) is 0 Å². The van der Waals surface area contributed by atoms with Crippen LogP contribution >= 0.6 is 11.6 Å². The lowest BCUT2D eigenvalue weighted by Gasteiger charge is -2.37. The predicted molar refractivity (Wildman–Crippen MR) is 77.6 cm³/mol. The Labute approximate surface area is 115 Å².